The quantitative estimate of drug-likeness (QED) is 0.842. The fourth-order valence-electron chi connectivity index (χ4n) is 1.47. The molecule has 0 saturated heterocycles. The molecule has 1 aliphatic rings. The molecule has 4 heteroatoms. The van der Waals surface area contributed by atoms with E-state index >= 15 is 0 Å². The molecule has 0 atom stereocenters. The molecule has 1 aromatic carbocycles. The van der Waals surface area contributed by atoms with Crippen LogP contribution in [0, 0.1) is 0 Å². The predicted molar refractivity (Wildman–Crippen MR) is 66.9 cm³/mol. The van der Waals surface area contributed by atoms with Crippen molar-refractivity contribution in [1.82, 2.24) is 10.6 Å². The zero-order valence-corrected chi connectivity index (χ0v) is 10.1. The van der Waals surface area contributed by atoms with Crippen LogP contribution in [0.4, 0.5) is 0 Å². The highest BCUT2D eigenvalue weighted by molar-refractivity contribution is 5.93. The van der Waals surface area contributed by atoms with Crippen LogP contribution in [0.3, 0.4) is 0 Å². The summed E-state index contributed by atoms with van der Waals surface area (Å²) in [6, 6.07) is 8.45. The number of nitrogens with one attached hydrogen (secondary N) is 2. The zero-order chi connectivity index (χ0) is 10.7. The molecule has 1 aliphatic carbocycles. The van der Waals surface area contributed by atoms with Crippen LogP contribution in [0.2, 0.25) is 0 Å². The minimum Gasteiger partial charge on any atom is -0.355 e. The number of carbonyl (C=O) groups excluding carboxylic acids is 1. The van der Waals surface area contributed by atoms with Crippen molar-refractivity contribution in [2.75, 3.05) is 7.05 Å². The summed E-state index contributed by atoms with van der Waals surface area (Å²) in [5, 5.41) is 6.04. The van der Waals surface area contributed by atoms with Crippen LogP contribution in [0.25, 0.3) is 0 Å². The van der Waals surface area contributed by atoms with Gasteiger partial charge in [0.2, 0.25) is 0 Å². The molecule has 1 saturated carbocycles. The van der Waals surface area contributed by atoms with Crippen molar-refractivity contribution in [1.29, 1.82) is 0 Å². The van der Waals surface area contributed by atoms with Crippen LogP contribution < -0.4 is 10.6 Å². The van der Waals surface area contributed by atoms with E-state index in [0.717, 1.165) is 12.6 Å². The summed E-state index contributed by atoms with van der Waals surface area (Å²) in [4.78, 5) is 11.3. The lowest BCUT2D eigenvalue weighted by molar-refractivity contribution is 0.0963. The Labute approximate surface area is 102 Å². The molecule has 2 rings (SSSR count). The Morgan fingerprint density at radius 2 is 1.94 bits per heavy atom. The van der Waals surface area contributed by atoms with Crippen LogP contribution in [0.5, 0.6) is 0 Å². The van der Waals surface area contributed by atoms with Crippen LogP contribution in [-0.4, -0.2) is 19.0 Å². The van der Waals surface area contributed by atoms with E-state index in [1.54, 1.807) is 7.05 Å². The van der Waals surface area contributed by atoms with E-state index in [9.17, 15) is 4.79 Å². The maximum atomic E-state index is 11.3. The SMILES string of the molecule is CNC(=O)c1ccc(CNC2CC2)cc1.Cl. The average Bonchev–Trinajstić information content (AvgIpc) is 3.10. The number of halogens is 1. The van der Waals surface area contributed by atoms with E-state index in [1.807, 2.05) is 24.3 Å². The summed E-state index contributed by atoms with van der Waals surface area (Å²) in [6.07, 6.45) is 2.60. The third-order valence-electron chi connectivity index (χ3n) is 2.62. The molecule has 0 heterocycles. The average molecular weight is 241 g/mol. The van der Waals surface area contributed by atoms with Crippen molar-refractivity contribution < 1.29 is 4.79 Å². The van der Waals surface area contributed by atoms with E-state index in [1.165, 1.54) is 18.4 Å². The topological polar surface area (TPSA) is 41.1 Å². The summed E-state index contributed by atoms with van der Waals surface area (Å²) in [7, 11) is 1.64. The molecule has 0 radical (unpaired) electrons. The minimum absolute atomic E-state index is 0. The molecule has 1 fully saturated rings. The first kappa shape index (κ1) is 13.0. The smallest absolute Gasteiger partial charge is 0.251 e. The molecule has 2 N–H and O–H groups in total. The molecule has 0 aromatic heterocycles. The summed E-state index contributed by atoms with van der Waals surface area (Å²) in [5.74, 6) is -0.0308. The largest absolute Gasteiger partial charge is 0.355 e. The normalized spacial score (nSPS) is 14.1. The molecule has 0 unspecified atom stereocenters. The molecular formula is C12H17ClN2O. The van der Waals surface area contributed by atoms with Crippen molar-refractivity contribution >= 4 is 18.3 Å². The maximum absolute atomic E-state index is 11.3. The Morgan fingerprint density at radius 1 is 1.31 bits per heavy atom. The second-order valence-corrected chi connectivity index (χ2v) is 3.93. The van der Waals surface area contributed by atoms with Crippen molar-refractivity contribution in [3.63, 3.8) is 0 Å². The number of hydrogen-bond acceptors (Lipinski definition) is 2. The lowest BCUT2D eigenvalue weighted by atomic mass is 10.1. The van der Waals surface area contributed by atoms with E-state index in [2.05, 4.69) is 10.6 Å². The molecule has 0 spiro atoms. The fourth-order valence-corrected chi connectivity index (χ4v) is 1.47. The Kier molecular flexibility index (Phi) is 4.77. The molecule has 1 amide bonds. The first-order valence-electron chi connectivity index (χ1n) is 5.34. The van der Waals surface area contributed by atoms with E-state index in [4.69, 9.17) is 0 Å². The van der Waals surface area contributed by atoms with E-state index < -0.39 is 0 Å². The number of amides is 1. The van der Waals surface area contributed by atoms with Crippen molar-refractivity contribution in [3.8, 4) is 0 Å². The second-order valence-electron chi connectivity index (χ2n) is 3.93. The Hall–Kier alpha value is -1.06. The maximum Gasteiger partial charge on any atom is 0.251 e. The van der Waals surface area contributed by atoms with Crippen LogP contribution in [-0.2, 0) is 6.54 Å². The monoisotopic (exact) mass is 240 g/mol. The highest BCUT2D eigenvalue weighted by Crippen LogP contribution is 2.19. The molecule has 88 valence electrons. The van der Waals surface area contributed by atoms with Gasteiger partial charge in [-0.2, -0.15) is 0 Å². The standard InChI is InChI=1S/C12H16N2O.ClH/c1-13-12(15)10-4-2-9(3-5-10)8-14-11-6-7-11;/h2-5,11,14H,6-8H2,1H3,(H,13,15);1H. The zero-order valence-electron chi connectivity index (χ0n) is 9.32. The number of benzene rings is 1. The molecule has 0 bridgehead atoms. The van der Waals surface area contributed by atoms with E-state index in [-0.39, 0.29) is 18.3 Å². The molecule has 1 aromatic rings. The van der Waals surface area contributed by atoms with Gasteiger partial charge in [-0.3, -0.25) is 4.79 Å². The van der Waals surface area contributed by atoms with Gasteiger partial charge in [0, 0.05) is 25.2 Å². The van der Waals surface area contributed by atoms with Gasteiger partial charge >= 0.3 is 0 Å². The van der Waals surface area contributed by atoms with Crippen LogP contribution in [0.1, 0.15) is 28.8 Å². The van der Waals surface area contributed by atoms with Gasteiger partial charge in [0.05, 0.1) is 0 Å². The third-order valence-corrected chi connectivity index (χ3v) is 2.62. The van der Waals surface area contributed by atoms with Crippen LogP contribution in [0.15, 0.2) is 24.3 Å². The van der Waals surface area contributed by atoms with E-state index in [0.29, 0.717) is 5.56 Å². The lowest BCUT2D eigenvalue weighted by Gasteiger charge is -2.04. The number of carbonyl (C=O) groups is 1. The Balaban J connectivity index is 0.00000128. The van der Waals surface area contributed by atoms with Gasteiger partial charge in [0.15, 0.2) is 0 Å². The molecule has 3 nitrogen and oxygen atoms in total. The summed E-state index contributed by atoms with van der Waals surface area (Å²) in [5.41, 5.74) is 1.95. The van der Waals surface area contributed by atoms with Gasteiger partial charge in [-0.25, -0.2) is 0 Å². The molecular weight excluding hydrogens is 224 g/mol. The van der Waals surface area contributed by atoms with Gasteiger partial charge in [0.25, 0.3) is 5.91 Å². The summed E-state index contributed by atoms with van der Waals surface area (Å²) >= 11 is 0. The Morgan fingerprint density at radius 3 is 2.44 bits per heavy atom. The van der Waals surface area contributed by atoms with Gasteiger partial charge in [-0.1, -0.05) is 12.1 Å². The van der Waals surface area contributed by atoms with Crippen molar-refractivity contribution in [2.45, 2.75) is 25.4 Å². The number of hydrogen-bond donors (Lipinski definition) is 2. The summed E-state index contributed by atoms with van der Waals surface area (Å²) in [6.45, 7) is 0.901. The molecule has 0 aliphatic heterocycles. The first-order valence-corrected chi connectivity index (χ1v) is 5.34. The van der Waals surface area contributed by atoms with Crippen LogP contribution >= 0.6 is 12.4 Å². The first-order chi connectivity index (χ1) is 7.29. The second kappa shape index (κ2) is 5.87. The van der Waals surface area contributed by atoms with Crippen molar-refractivity contribution in [2.24, 2.45) is 0 Å². The van der Waals surface area contributed by atoms with Crippen molar-refractivity contribution in [3.05, 3.63) is 35.4 Å². The lowest BCUT2D eigenvalue weighted by Crippen LogP contribution is -2.18. The van der Waals surface area contributed by atoms with Gasteiger partial charge in [-0.05, 0) is 30.5 Å². The number of rotatable bonds is 4. The Bertz CT molecular complexity index is 347. The highest BCUT2D eigenvalue weighted by Gasteiger charge is 2.19. The summed E-state index contributed by atoms with van der Waals surface area (Å²) < 4.78 is 0. The fraction of sp³-hybridized carbons (Fsp3) is 0.417. The van der Waals surface area contributed by atoms with Gasteiger partial charge in [0.1, 0.15) is 0 Å². The van der Waals surface area contributed by atoms with Gasteiger partial charge < -0.3 is 10.6 Å². The highest BCUT2D eigenvalue weighted by atomic mass is 35.5. The molecule has 16 heavy (non-hydrogen) atoms. The third kappa shape index (κ3) is 3.51. The van der Waals surface area contributed by atoms with Gasteiger partial charge in [-0.15, -0.1) is 12.4 Å². The minimum atomic E-state index is -0.0308. The predicted octanol–water partition coefficient (Wildman–Crippen LogP) is 1.72.